The zero-order valence-corrected chi connectivity index (χ0v) is 11.5. The lowest BCUT2D eigenvalue weighted by atomic mass is 10.1. The van der Waals surface area contributed by atoms with Gasteiger partial charge in [0.1, 0.15) is 6.07 Å². The van der Waals surface area contributed by atoms with Gasteiger partial charge in [-0.3, -0.25) is 4.79 Å². The second kappa shape index (κ2) is 7.11. The Morgan fingerprint density at radius 3 is 3.00 bits per heavy atom. The van der Waals surface area contributed by atoms with Crippen molar-refractivity contribution in [2.45, 2.75) is 12.5 Å². The molecule has 1 aromatic carbocycles. The molecular weight excluding hydrogens is 298 g/mol. The summed E-state index contributed by atoms with van der Waals surface area (Å²) in [7, 11) is 1.55. The second-order valence-corrected chi connectivity index (χ2v) is 4.59. The van der Waals surface area contributed by atoms with Crippen LogP contribution >= 0.6 is 15.9 Å². The summed E-state index contributed by atoms with van der Waals surface area (Å²) in [6.45, 7) is 0.417. The van der Waals surface area contributed by atoms with E-state index in [2.05, 4.69) is 21.2 Å². The normalized spacial score (nSPS) is 11.7. The Kier molecular flexibility index (Phi) is 5.78. The van der Waals surface area contributed by atoms with Crippen LogP contribution in [0.3, 0.4) is 0 Å². The molecule has 0 aromatic heterocycles. The number of rotatable bonds is 5. The number of halogens is 1. The molecule has 0 fully saturated rings. The van der Waals surface area contributed by atoms with Crippen molar-refractivity contribution in [3.63, 3.8) is 0 Å². The lowest BCUT2D eigenvalue weighted by Gasteiger charge is -2.12. The van der Waals surface area contributed by atoms with E-state index in [1.807, 2.05) is 6.07 Å². The Balaban J connectivity index is 2.73. The van der Waals surface area contributed by atoms with Crippen molar-refractivity contribution in [3.05, 3.63) is 28.2 Å². The molecule has 0 spiro atoms. The van der Waals surface area contributed by atoms with Crippen LogP contribution in [0.2, 0.25) is 0 Å². The van der Waals surface area contributed by atoms with Crippen LogP contribution in [0.1, 0.15) is 12.0 Å². The first kappa shape index (κ1) is 14.6. The summed E-state index contributed by atoms with van der Waals surface area (Å²) in [6.07, 6.45) is 0.431. The molecule has 0 aliphatic rings. The van der Waals surface area contributed by atoms with Crippen LogP contribution < -0.4 is 11.1 Å². The molecule has 0 bridgehead atoms. The summed E-state index contributed by atoms with van der Waals surface area (Å²) in [6, 6.07) is 6.40. The molecule has 3 N–H and O–H groups in total. The maximum atomic E-state index is 11.8. The van der Waals surface area contributed by atoms with Crippen LogP contribution in [0.15, 0.2) is 22.7 Å². The second-order valence-electron chi connectivity index (χ2n) is 3.68. The molecule has 1 amide bonds. The van der Waals surface area contributed by atoms with Gasteiger partial charge in [0.15, 0.2) is 0 Å². The highest BCUT2D eigenvalue weighted by molar-refractivity contribution is 9.10. The van der Waals surface area contributed by atoms with Gasteiger partial charge >= 0.3 is 0 Å². The minimum Gasteiger partial charge on any atom is -0.385 e. The molecule has 0 heterocycles. The van der Waals surface area contributed by atoms with Gasteiger partial charge < -0.3 is 15.8 Å². The number of nitrogens with two attached hydrogens (primary N) is 1. The summed E-state index contributed by atoms with van der Waals surface area (Å²) < 4.78 is 5.63. The number of hydrogen-bond acceptors (Lipinski definition) is 4. The number of benzene rings is 1. The summed E-state index contributed by atoms with van der Waals surface area (Å²) in [5.74, 6) is -0.328. The maximum absolute atomic E-state index is 11.8. The zero-order valence-electron chi connectivity index (χ0n) is 9.94. The van der Waals surface area contributed by atoms with Crippen LogP contribution in [0.25, 0.3) is 0 Å². The van der Waals surface area contributed by atoms with E-state index in [0.29, 0.717) is 24.3 Å². The third kappa shape index (κ3) is 4.11. The van der Waals surface area contributed by atoms with Gasteiger partial charge in [-0.2, -0.15) is 5.26 Å². The lowest BCUT2D eigenvalue weighted by molar-refractivity contribution is -0.117. The van der Waals surface area contributed by atoms with Crippen LogP contribution in [0.5, 0.6) is 0 Å². The van der Waals surface area contributed by atoms with Crippen molar-refractivity contribution in [1.29, 1.82) is 5.26 Å². The molecule has 0 radical (unpaired) electrons. The number of carbonyl (C=O) groups excluding carboxylic acids is 1. The topological polar surface area (TPSA) is 88.1 Å². The number of anilines is 1. The SMILES string of the molecule is COCCC(N)C(=O)Nc1ccc(Br)cc1C#N. The van der Waals surface area contributed by atoms with Crippen molar-refractivity contribution < 1.29 is 9.53 Å². The Morgan fingerprint density at radius 2 is 2.39 bits per heavy atom. The van der Waals surface area contributed by atoms with Crippen molar-refractivity contribution in [1.82, 2.24) is 0 Å². The Labute approximate surface area is 114 Å². The highest BCUT2D eigenvalue weighted by atomic mass is 79.9. The Bertz CT molecular complexity index is 471. The Hall–Kier alpha value is -1.42. The van der Waals surface area contributed by atoms with E-state index in [1.54, 1.807) is 25.3 Å². The maximum Gasteiger partial charge on any atom is 0.241 e. The van der Waals surface area contributed by atoms with Crippen LogP contribution in [0.4, 0.5) is 5.69 Å². The monoisotopic (exact) mass is 311 g/mol. The van der Waals surface area contributed by atoms with E-state index in [-0.39, 0.29) is 5.91 Å². The molecule has 1 unspecified atom stereocenters. The molecule has 1 aromatic rings. The number of nitrogens with zero attached hydrogens (tertiary/aromatic N) is 1. The highest BCUT2D eigenvalue weighted by Gasteiger charge is 2.14. The first-order valence-electron chi connectivity index (χ1n) is 5.33. The average molecular weight is 312 g/mol. The van der Waals surface area contributed by atoms with Gasteiger partial charge in [-0.25, -0.2) is 0 Å². The van der Waals surface area contributed by atoms with Gasteiger partial charge in [-0.1, -0.05) is 15.9 Å². The molecule has 1 atom stereocenters. The van der Waals surface area contributed by atoms with Gasteiger partial charge in [-0.05, 0) is 24.6 Å². The van der Waals surface area contributed by atoms with E-state index in [1.165, 1.54) is 0 Å². The van der Waals surface area contributed by atoms with Crippen molar-refractivity contribution >= 4 is 27.5 Å². The first-order valence-corrected chi connectivity index (χ1v) is 6.12. The van der Waals surface area contributed by atoms with E-state index in [0.717, 1.165) is 4.47 Å². The lowest BCUT2D eigenvalue weighted by Crippen LogP contribution is -2.36. The number of amides is 1. The number of nitriles is 1. The third-order valence-corrected chi connectivity index (χ3v) is 2.82. The summed E-state index contributed by atoms with van der Waals surface area (Å²) in [5, 5.41) is 11.6. The predicted molar refractivity (Wildman–Crippen MR) is 72.0 cm³/mol. The standard InChI is InChI=1S/C12H14BrN3O2/c1-18-5-4-10(15)12(17)16-11-3-2-9(13)6-8(11)7-14/h2-3,6,10H,4-5,15H2,1H3,(H,16,17). The van der Waals surface area contributed by atoms with Crippen molar-refractivity contribution in [2.75, 3.05) is 19.0 Å². The molecule has 0 aliphatic heterocycles. The smallest absolute Gasteiger partial charge is 0.241 e. The van der Waals surface area contributed by atoms with E-state index < -0.39 is 6.04 Å². The summed E-state index contributed by atoms with van der Waals surface area (Å²) in [5.41, 5.74) is 6.53. The van der Waals surface area contributed by atoms with Crippen LogP contribution in [-0.4, -0.2) is 25.7 Å². The van der Waals surface area contributed by atoms with Gasteiger partial charge in [0.05, 0.1) is 17.3 Å². The molecule has 0 saturated carbocycles. The number of nitrogens with one attached hydrogen (secondary N) is 1. The van der Waals surface area contributed by atoms with Gasteiger partial charge in [0, 0.05) is 18.2 Å². The number of carbonyl (C=O) groups is 1. The largest absolute Gasteiger partial charge is 0.385 e. The van der Waals surface area contributed by atoms with E-state index in [9.17, 15) is 4.79 Å². The van der Waals surface area contributed by atoms with Crippen LogP contribution in [0, 0.1) is 11.3 Å². The molecule has 6 heteroatoms. The minimum atomic E-state index is -0.653. The quantitative estimate of drug-likeness (QED) is 0.865. The van der Waals surface area contributed by atoms with Gasteiger partial charge in [0.2, 0.25) is 5.91 Å². The number of methoxy groups -OCH3 is 1. The molecule has 96 valence electrons. The summed E-state index contributed by atoms with van der Waals surface area (Å²) >= 11 is 3.26. The molecule has 0 saturated heterocycles. The average Bonchev–Trinajstić information content (AvgIpc) is 2.37. The highest BCUT2D eigenvalue weighted by Crippen LogP contribution is 2.20. The molecule has 0 aliphatic carbocycles. The Morgan fingerprint density at radius 1 is 1.67 bits per heavy atom. The third-order valence-electron chi connectivity index (χ3n) is 2.33. The van der Waals surface area contributed by atoms with Crippen molar-refractivity contribution in [3.8, 4) is 6.07 Å². The van der Waals surface area contributed by atoms with Gasteiger partial charge in [0.25, 0.3) is 0 Å². The first-order chi connectivity index (χ1) is 8.58. The molecular formula is C12H14BrN3O2. The van der Waals surface area contributed by atoms with E-state index in [4.69, 9.17) is 15.7 Å². The molecule has 1 rings (SSSR count). The molecule has 5 nitrogen and oxygen atoms in total. The number of hydrogen-bond donors (Lipinski definition) is 2. The summed E-state index contributed by atoms with van der Waals surface area (Å²) in [4.78, 5) is 11.8. The van der Waals surface area contributed by atoms with Crippen molar-refractivity contribution in [2.24, 2.45) is 5.73 Å². The van der Waals surface area contributed by atoms with Crippen LogP contribution in [-0.2, 0) is 9.53 Å². The fourth-order valence-corrected chi connectivity index (χ4v) is 1.68. The fraction of sp³-hybridized carbons (Fsp3) is 0.333. The zero-order chi connectivity index (χ0) is 13.5. The minimum absolute atomic E-state index is 0.328. The fourth-order valence-electron chi connectivity index (χ4n) is 1.32. The predicted octanol–water partition coefficient (Wildman–Crippen LogP) is 1.62. The van der Waals surface area contributed by atoms with E-state index >= 15 is 0 Å². The van der Waals surface area contributed by atoms with Gasteiger partial charge in [-0.15, -0.1) is 0 Å². The number of ether oxygens (including phenoxy) is 1. The molecule has 18 heavy (non-hydrogen) atoms.